The Kier molecular flexibility index (Phi) is 6.86. The van der Waals surface area contributed by atoms with Gasteiger partial charge in [0, 0.05) is 11.9 Å². The fourth-order valence-electron chi connectivity index (χ4n) is 2.52. The molecule has 0 unspecified atom stereocenters. The molecule has 3 aromatic rings. The molecule has 0 aliphatic carbocycles. The molecule has 29 heavy (non-hydrogen) atoms. The molecule has 0 fully saturated rings. The van der Waals surface area contributed by atoms with Gasteiger partial charge in [-0.15, -0.1) is 0 Å². The second-order valence-electron chi connectivity index (χ2n) is 6.03. The molecule has 1 amide bonds. The van der Waals surface area contributed by atoms with Crippen LogP contribution < -0.4 is 15.7 Å². The Morgan fingerprint density at radius 1 is 1.07 bits per heavy atom. The minimum atomic E-state index is -0.704. The summed E-state index contributed by atoms with van der Waals surface area (Å²) in [6.45, 7) is 0.0509. The topological polar surface area (TPSA) is 94.8 Å². The van der Waals surface area contributed by atoms with Crippen LogP contribution in [0.1, 0.15) is 16.8 Å². The van der Waals surface area contributed by atoms with Crippen LogP contribution in [0.4, 0.5) is 0 Å². The van der Waals surface area contributed by atoms with Crippen LogP contribution in [0.25, 0.3) is 11.0 Å². The zero-order chi connectivity index (χ0) is 20.6. The average Bonchev–Trinajstić information content (AvgIpc) is 2.72. The van der Waals surface area contributed by atoms with Gasteiger partial charge in [-0.3, -0.25) is 4.79 Å². The number of rotatable bonds is 8. The first-order valence-corrected chi connectivity index (χ1v) is 9.26. The van der Waals surface area contributed by atoms with Crippen LogP contribution in [0.3, 0.4) is 0 Å². The standard InChI is InChI=1S/C21H18ClNO6/c22-16-7-2-4-9-18(16)28-13-19(24)27-11-5-10-23-20(25)15-12-14-6-1-3-8-17(14)29-21(15)26/h1-4,6-9,12H,5,10-11,13H2,(H,23,25). The molecule has 3 rings (SSSR count). The van der Waals surface area contributed by atoms with Crippen molar-refractivity contribution >= 4 is 34.4 Å². The van der Waals surface area contributed by atoms with Crippen molar-refractivity contribution in [1.82, 2.24) is 5.32 Å². The van der Waals surface area contributed by atoms with Gasteiger partial charge in [0.15, 0.2) is 6.61 Å². The van der Waals surface area contributed by atoms with E-state index in [9.17, 15) is 14.4 Å². The van der Waals surface area contributed by atoms with E-state index >= 15 is 0 Å². The normalized spacial score (nSPS) is 10.5. The Labute approximate surface area is 171 Å². The van der Waals surface area contributed by atoms with Crippen molar-refractivity contribution in [2.75, 3.05) is 19.8 Å². The third-order valence-electron chi connectivity index (χ3n) is 3.94. The van der Waals surface area contributed by atoms with Crippen molar-refractivity contribution in [2.24, 2.45) is 0 Å². The number of fused-ring (bicyclic) bond motifs is 1. The molecule has 0 radical (unpaired) electrons. The highest BCUT2D eigenvalue weighted by Gasteiger charge is 2.13. The molecule has 1 aromatic heterocycles. The molecule has 0 saturated carbocycles. The van der Waals surface area contributed by atoms with E-state index in [1.807, 2.05) is 0 Å². The van der Waals surface area contributed by atoms with E-state index in [1.165, 1.54) is 6.07 Å². The SMILES string of the molecule is O=C(COc1ccccc1Cl)OCCCNC(=O)c1cc2ccccc2oc1=O. The first-order chi connectivity index (χ1) is 14.0. The molecular weight excluding hydrogens is 398 g/mol. The van der Waals surface area contributed by atoms with Gasteiger partial charge in [-0.25, -0.2) is 9.59 Å². The largest absolute Gasteiger partial charge is 0.480 e. The lowest BCUT2D eigenvalue weighted by atomic mass is 10.2. The summed E-state index contributed by atoms with van der Waals surface area (Å²) in [5, 5.41) is 3.67. The van der Waals surface area contributed by atoms with Gasteiger partial charge < -0.3 is 19.2 Å². The van der Waals surface area contributed by atoms with E-state index < -0.39 is 17.5 Å². The first kappa shape index (κ1) is 20.4. The molecule has 150 valence electrons. The number of amides is 1. The summed E-state index contributed by atoms with van der Waals surface area (Å²) in [4.78, 5) is 35.8. The maximum absolute atomic E-state index is 12.2. The monoisotopic (exact) mass is 415 g/mol. The summed E-state index contributed by atoms with van der Waals surface area (Å²) in [6, 6.07) is 15.2. The average molecular weight is 416 g/mol. The van der Waals surface area contributed by atoms with Crippen LogP contribution in [0, 0.1) is 0 Å². The van der Waals surface area contributed by atoms with Crippen molar-refractivity contribution in [3.63, 3.8) is 0 Å². The molecule has 0 spiro atoms. The smallest absolute Gasteiger partial charge is 0.349 e. The van der Waals surface area contributed by atoms with Gasteiger partial charge >= 0.3 is 11.6 Å². The van der Waals surface area contributed by atoms with Crippen molar-refractivity contribution in [1.29, 1.82) is 0 Å². The summed E-state index contributed by atoms with van der Waals surface area (Å²) in [5.41, 5.74) is -0.363. The van der Waals surface area contributed by atoms with Crippen LogP contribution in [0.5, 0.6) is 5.75 Å². The van der Waals surface area contributed by atoms with Gasteiger partial charge in [0.05, 0.1) is 11.6 Å². The maximum Gasteiger partial charge on any atom is 0.349 e. The Hall–Kier alpha value is -3.32. The molecule has 0 atom stereocenters. The number of nitrogens with one attached hydrogen (secondary N) is 1. The summed E-state index contributed by atoms with van der Waals surface area (Å²) in [7, 11) is 0. The van der Waals surface area contributed by atoms with Crippen LogP contribution in [-0.4, -0.2) is 31.6 Å². The molecular formula is C21H18ClNO6. The van der Waals surface area contributed by atoms with E-state index in [1.54, 1.807) is 48.5 Å². The zero-order valence-corrected chi connectivity index (χ0v) is 16.1. The first-order valence-electron chi connectivity index (χ1n) is 8.88. The van der Waals surface area contributed by atoms with Crippen molar-refractivity contribution in [3.8, 4) is 5.75 Å². The van der Waals surface area contributed by atoms with E-state index in [2.05, 4.69) is 5.32 Å². The van der Waals surface area contributed by atoms with E-state index in [0.717, 1.165) is 0 Å². The molecule has 0 aliphatic rings. The minimum absolute atomic E-state index is 0.0752. The fourth-order valence-corrected chi connectivity index (χ4v) is 2.71. The molecule has 0 saturated heterocycles. The lowest BCUT2D eigenvalue weighted by Gasteiger charge is -2.08. The summed E-state index contributed by atoms with van der Waals surface area (Å²) >= 11 is 5.93. The molecule has 8 heteroatoms. The third kappa shape index (κ3) is 5.58. The number of carbonyl (C=O) groups is 2. The second kappa shape index (κ2) is 9.75. The number of esters is 1. The Morgan fingerprint density at radius 2 is 1.83 bits per heavy atom. The highest BCUT2D eigenvalue weighted by Crippen LogP contribution is 2.22. The summed E-state index contributed by atoms with van der Waals surface area (Å²) in [6.07, 6.45) is 0.377. The van der Waals surface area contributed by atoms with E-state index in [0.29, 0.717) is 28.2 Å². The fraction of sp³-hybridized carbons (Fsp3) is 0.190. The van der Waals surface area contributed by atoms with E-state index in [4.69, 9.17) is 25.5 Å². The van der Waals surface area contributed by atoms with Crippen molar-refractivity contribution in [3.05, 3.63) is 75.6 Å². The minimum Gasteiger partial charge on any atom is -0.480 e. The van der Waals surface area contributed by atoms with Gasteiger partial charge in [-0.05, 0) is 30.7 Å². The van der Waals surface area contributed by atoms with E-state index in [-0.39, 0.29) is 25.3 Å². The van der Waals surface area contributed by atoms with Crippen molar-refractivity contribution in [2.45, 2.75) is 6.42 Å². The van der Waals surface area contributed by atoms with Crippen LogP contribution >= 0.6 is 11.6 Å². The number of benzene rings is 2. The predicted molar refractivity (Wildman–Crippen MR) is 107 cm³/mol. The lowest BCUT2D eigenvalue weighted by Crippen LogP contribution is -2.29. The Balaban J connectivity index is 1.40. The highest BCUT2D eigenvalue weighted by atomic mass is 35.5. The van der Waals surface area contributed by atoms with Crippen LogP contribution in [0.2, 0.25) is 5.02 Å². The Bertz CT molecular complexity index is 1080. The lowest BCUT2D eigenvalue weighted by molar-refractivity contribution is -0.146. The molecule has 1 heterocycles. The molecule has 0 aliphatic heterocycles. The zero-order valence-electron chi connectivity index (χ0n) is 15.4. The molecule has 0 bridgehead atoms. The predicted octanol–water partition coefficient (Wildman–Crippen LogP) is 3.19. The number of para-hydroxylation sites is 2. The van der Waals surface area contributed by atoms with Crippen molar-refractivity contribution < 1.29 is 23.5 Å². The summed E-state index contributed by atoms with van der Waals surface area (Å²) < 4.78 is 15.4. The highest BCUT2D eigenvalue weighted by molar-refractivity contribution is 6.32. The van der Waals surface area contributed by atoms with Gasteiger partial charge in [-0.1, -0.05) is 41.9 Å². The van der Waals surface area contributed by atoms with Crippen LogP contribution in [-0.2, 0) is 9.53 Å². The maximum atomic E-state index is 12.2. The second-order valence-corrected chi connectivity index (χ2v) is 6.44. The Morgan fingerprint density at radius 3 is 2.66 bits per heavy atom. The number of ether oxygens (including phenoxy) is 2. The van der Waals surface area contributed by atoms with Crippen LogP contribution in [0.15, 0.2) is 63.8 Å². The quantitative estimate of drug-likeness (QED) is 0.345. The van der Waals surface area contributed by atoms with Gasteiger partial charge in [-0.2, -0.15) is 0 Å². The number of carbonyl (C=O) groups excluding carboxylic acids is 2. The third-order valence-corrected chi connectivity index (χ3v) is 4.25. The van der Waals surface area contributed by atoms with Gasteiger partial charge in [0.2, 0.25) is 0 Å². The number of halogens is 1. The van der Waals surface area contributed by atoms with Gasteiger partial charge in [0.25, 0.3) is 5.91 Å². The summed E-state index contributed by atoms with van der Waals surface area (Å²) in [5.74, 6) is -0.697. The van der Waals surface area contributed by atoms with Gasteiger partial charge in [0.1, 0.15) is 16.9 Å². The number of hydrogen-bond donors (Lipinski definition) is 1. The number of hydrogen-bond acceptors (Lipinski definition) is 6. The molecule has 7 nitrogen and oxygen atoms in total. The molecule has 1 N–H and O–H groups in total. The molecule has 2 aromatic carbocycles.